The Labute approximate surface area is 191 Å². The van der Waals surface area contributed by atoms with Crippen molar-refractivity contribution in [3.05, 3.63) is 23.8 Å². The molecule has 2 fully saturated rings. The van der Waals surface area contributed by atoms with Crippen molar-refractivity contribution in [2.45, 2.75) is 102 Å². The summed E-state index contributed by atoms with van der Waals surface area (Å²) in [4.78, 5) is 11.0. The molecule has 3 aliphatic heterocycles. The van der Waals surface area contributed by atoms with Gasteiger partial charge in [-0.3, -0.25) is 5.32 Å². The Balaban J connectivity index is 1.79. The number of ether oxygens (including phenoxy) is 2. The molecule has 3 heterocycles. The molecule has 0 aromatic rings. The summed E-state index contributed by atoms with van der Waals surface area (Å²) in [5.74, 6) is 0.915. The van der Waals surface area contributed by atoms with Gasteiger partial charge in [0.2, 0.25) is 0 Å². The van der Waals surface area contributed by atoms with Gasteiger partial charge in [0, 0.05) is 23.5 Å². The van der Waals surface area contributed by atoms with E-state index in [1.54, 1.807) is 6.26 Å². The zero-order chi connectivity index (χ0) is 23.4. The summed E-state index contributed by atoms with van der Waals surface area (Å²) < 4.78 is 10.8. The molecule has 0 radical (unpaired) electrons. The van der Waals surface area contributed by atoms with Crippen LogP contribution in [0.5, 0.6) is 0 Å². The molecule has 2 atom stereocenters. The highest BCUT2D eigenvalue weighted by atomic mass is 16.5. The third kappa shape index (κ3) is 6.37. The van der Waals surface area contributed by atoms with Gasteiger partial charge in [-0.1, -0.05) is 0 Å². The SMILES string of the molecule is CC1(C)CC(NC(=C2CC=CO2)[C@H](CCCOC(N)=O)N[C@H]2CCCN2)CC(C)(C)N1O. The number of piperidine rings is 1. The van der Waals surface area contributed by atoms with Crippen LogP contribution in [-0.2, 0) is 9.47 Å². The molecular formula is C23H41N5O4. The number of hydrogen-bond acceptors (Lipinski definition) is 8. The number of allylic oxidation sites excluding steroid dienone is 1. The van der Waals surface area contributed by atoms with Crippen LogP contribution in [0.25, 0.3) is 0 Å². The molecule has 0 unspecified atom stereocenters. The fourth-order valence-electron chi connectivity index (χ4n) is 5.32. The molecule has 0 saturated carbocycles. The second-order valence-electron chi connectivity index (χ2n) is 10.4. The molecule has 0 bridgehead atoms. The molecule has 0 aromatic carbocycles. The summed E-state index contributed by atoms with van der Waals surface area (Å²) in [6, 6.07) is 0.188. The van der Waals surface area contributed by atoms with Crippen molar-refractivity contribution in [2.24, 2.45) is 5.73 Å². The van der Waals surface area contributed by atoms with E-state index >= 15 is 0 Å². The van der Waals surface area contributed by atoms with Crippen molar-refractivity contribution >= 4 is 6.09 Å². The molecule has 3 aliphatic rings. The number of hydroxylamine groups is 2. The number of primary amides is 1. The maximum absolute atomic E-state index is 11.0. The molecule has 2 saturated heterocycles. The molecule has 0 aliphatic carbocycles. The van der Waals surface area contributed by atoms with Crippen LogP contribution in [0, 0.1) is 0 Å². The standard InChI is InChI=1S/C23H41N5O4/c1-22(2)14-16(15-23(3,4)28(22)30)26-20(18-9-7-12-31-18)17(8-6-13-32-21(24)29)27-19-10-5-11-25-19/h7,12,16-17,19,25-27,30H,5-6,8-11,13-15H2,1-4H3,(H2,24,29)/t17-,19-/m0/s1. The highest BCUT2D eigenvalue weighted by molar-refractivity contribution is 5.64. The van der Waals surface area contributed by atoms with E-state index in [2.05, 4.69) is 43.6 Å². The van der Waals surface area contributed by atoms with E-state index in [9.17, 15) is 10.0 Å². The van der Waals surface area contributed by atoms with E-state index in [0.29, 0.717) is 6.42 Å². The summed E-state index contributed by atoms with van der Waals surface area (Å²) in [7, 11) is 0. The quantitative estimate of drug-likeness (QED) is 0.339. The average Bonchev–Trinajstić information content (AvgIpc) is 3.40. The smallest absolute Gasteiger partial charge is 0.404 e. The normalized spacial score (nSPS) is 27.7. The number of nitrogens with zero attached hydrogens (tertiary/aromatic N) is 1. The predicted molar refractivity (Wildman–Crippen MR) is 123 cm³/mol. The van der Waals surface area contributed by atoms with E-state index in [4.69, 9.17) is 15.2 Å². The van der Waals surface area contributed by atoms with Crippen LogP contribution < -0.4 is 21.7 Å². The Hall–Kier alpha value is -1.81. The van der Waals surface area contributed by atoms with Gasteiger partial charge in [-0.05, 0) is 78.8 Å². The molecule has 9 heteroatoms. The van der Waals surface area contributed by atoms with Gasteiger partial charge in [0.25, 0.3) is 0 Å². The first-order valence-corrected chi connectivity index (χ1v) is 11.8. The monoisotopic (exact) mass is 451 g/mol. The first kappa shape index (κ1) is 24.8. The molecule has 0 spiro atoms. The Morgan fingerprint density at radius 3 is 2.66 bits per heavy atom. The molecular weight excluding hydrogens is 410 g/mol. The minimum absolute atomic E-state index is 0.00959. The van der Waals surface area contributed by atoms with Gasteiger partial charge in [-0.15, -0.1) is 0 Å². The highest BCUT2D eigenvalue weighted by Gasteiger charge is 2.45. The summed E-state index contributed by atoms with van der Waals surface area (Å²) in [5.41, 5.74) is 5.47. The highest BCUT2D eigenvalue weighted by Crippen LogP contribution is 2.37. The molecule has 9 nitrogen and oxygen atoms in total. The van der Waals surface area contributed by atoms with Crippen molar-refractivity contribution in [3.8, 4) is 0 Å². The van der Waals surface area contributed by atoms with Gasteiger partial charge in [0.1, 0.15) is 5.76 Å². The fraction of sp³-hybridized carbons (Fsp3) is 0.783. The van der Waals surface area contributed by atoms with Crippen LogP contribution in [-0.4, -0.2) is 58.8 Å². The van der Waals surface area contributed by atoms with E-state index < -0.39 is 6.09 Å². The second-order valence-corrected chi connectivity index (χ2v) is 10.4. The first-order chi connectivity index (χ1) is 15.1. The Kier molecular flexibility index (Phi) is 8.08. The summed E-state index contributed by atoms with van der Waals surface area (Å²) >= 11 is 0. The third-order valence-electron chi connectivity index (χ3n) is 6.60. The van der Waals surface area contributed by atoms with Gasteiger partial charge in [0.05, 0.1) is 30.8 Å². The molecule has 32 heavy (non-hydrogen) atoms. The maximum Gasteiger partial charge on any atom is 0.404 e. The number of carbonyl (C=O) groups excluding carboxylic acids is 1. The topological polar surface area (TPSA) is 121 Å². The summed E-state index contributed by atoms with van der Waals surface area (Å²) in [6.45, 7) is 9.58. The Morgan fingerprint density at radius 2 is 2.09 bits per heavy atom. The lowest BCUT2D eigenvalue weighted by molar-refractivity contribution is -0.245. The molecule has 182 valence electrons. The molecule has 3 rings (SSSR count). The van der Waals surface area contributed by atoms with E-state index in [-0.39, 0.29) is 35.9 Å². The van der Waals surface area contributed by atoms with Gasteiger partial charge < -0.3 is 31.0 Å². The van der Waals surface area contributed by atoms with E-state index in [1.165, 1.54) is 5.06 Å². The molecule has 1 amide bonds. The third-order valence-corrected chi connectivity index (χ3v) is 6.60. The number of rotatable bonds is 9. The van der Waals surface area contributed by atoms with Crippen molar-refractivity contribution in [1.82, 2.24) is 21.0 Å². The molecule has 0 aromatic heterocycles. The van der Waals surface area contributed by atoms with Crippen molar-refractivity contribution in [2.75, 3.05) is 13.2 Å². The number of nitrogens with one attached hydrogen (secondary N) is 3. The Bertz CT molecular complexity index is 687. The number of hydrogen-bond donors (Lipinski definition) is 5. The van der Waals surface area contributed by atoms with Crippen LogP contribution in [0.4, 0.5) is 4.79 Å². The Morgan fingerprint density at radius 1 is 1.38 bits per heavy atom. The average molecular weight is 452 g/mol. The lowest BCUT2D eigenvalue weighted by atomic mass is 9.78. The lowest BCUT2D eigenvalue weighted by Crippen LogP contribution is -2.63. The van der Waals surface area contributed by atoms with Gasteiger partial charge >= 0.3 is 6.09 Å². The van der Waals surface area contributed by atoms with Gasteiger partial charge in [-0.2, -0.15) is 5.06 Å². The maximum atomic E-state index is 11.0. The summed E-state index contributed by atoms with van der Waals surface area (Å²) in [5, 5.41) is 23.3. The van der Waals surface area contributed by atoms with Crippen molar-refractivity contribution in [3.63, 3.8) is 0 Å². The van der Waals surface area contributed by atoms with Crippen LogP contribution in [0.2, 0.25) is 0 Å². The van der Waals surface area contributed by atoms with Crippen LogP contribution in [0.1, 0.15) is 72.6 Å². The summed E-state index contributed by atoms with van der Waals surface area (Å²) in [6.07, 6.45) is 9.25. The van der Waals surface area contributed by atoms with E-state index in [0.717, 1.165) is 56.5 Å². The number of nitrogens with two attached hydrogens (primary N) is 1. The zero-order valence-corrected chi connectivity index (χ0v) is 19.9. The minimum atomic E-state index is -0.743. The van der Waals surface area contributed by atoms with Crippen molar-refractivity contribution in [1.29, 1.82) is 0 Å². The zero-order valence-electron chi connectivity index (χ0n) is 19.9. The van der Waals surface area contributed by atoms with Gasteiger partial charge in [-0.25, -0.2) is 4.79 Å². The van der Waals surface area contributed by atoms with Gasteiger partial charge in [0.15, 0.2) is 0 Å². The van der Waals surface area contributed by atoms with Crippen LogP contribution in [0.15, 0.2) is 23.8 Å². The van der Waals surface area contributed by atoms with Crippen LogP contribution in [0.3, 0.4) is 0 Å². The van der Waals surface area contributed by atoms with Crippen molar-refractivity contribution < 1.29 is 19.5 Å². The predicted octanol–water partition coefficient (Wildman–Crippen LogP) is 2.68. The van der Waals surface area contributed by atoms with Crippen LogP contribution >= 0.6 is 0 Å². The van der Waals surface area contributed by atoms with E-state index in [1.807, 2.05) is 6.08 Å². The largest absolute Gasteiger partial charge is 0.467 e. The number of carbonyl (C=O) groups is 1. The lowest BCUT2D eigenvalue weighted by Gasteiger charge is -2.52. The minimum Gasteiger partial charge on any atom is -0.467 e. The first-order valence-electron chi connectivity index (χ1n) is 11.8. The second kappa shape index (κ2) is 10.4. The number of amides is 1. The molecule has 6 N–H and O–H groups in total. The fourth-order valence-corrected chi connectivity index (χ4v) is 5.32.